The summed E-state index contributed by atoms with van der Waals surface area (Å²) >= 11 is 0. The molecule has 0 amide bonds. The SMILES string of the molecule is O=[P+](O)CCc1ccco1. The second kappa shape index (κ2) is 3.49. The van der Waals surface area contributed by atoms with Crippen LogP contribution in [0.2, 0.25) is 0 Å². The molecule has 1 aromatic rings. The molecule has 0 aromatic carbocycles. The molecule has 1 unspecified atom stereocenters. The molecule has 0 bridgehead atoms. The second-order valence-electron chi connectivity index (χ2n) is 1.91. The lowest BCUT2D eigenvalue weighted by Gasteiger charge is -1.82. The van der Waals surface area contributed by atoms with Gasteiger partial charge in [-0.15, -0.1) is 0 Å². The zero-order valence-electron chi connectivity index (χ0n) is 5.36. The van der Waals surface area contributed by atoms with E-state index in [-0.39, 0.29) is 6.16 Å². The number of hydrogen-bond donors (Lipinski definition) is 1. The van der Waals surface area contributed by atoms with E-state index < -0.39 is 8.03 Å². The van der Waals surface area contributed by atoms with Gasteiger partial charge in [-0.25, -0.2) is 0 Å². The Kier molecular flexibility index (Phi) is 2.60. The Morgan fingerprint density at radius 1 is 1.70 bits per heavy atom. The maximum Gasteiger partial charge on any atom is 0.505 e. The predicted molar refractivity (Wildman–Crippen MR) is 37.1 cm³/mol. The third-order valence-corrected chi connectivity index (χ3v) is 1.74. The highest BCUT2D eigenvalue weighted by atomic mass is 31.1. The van der Waals surface area contributed by atoms with Crippen molar-refractivity contribution < 1.29 is 13.9 Å². The van der Waals surface area contributed by atoms with Crippen molar-refractivity contribution in [3.8, 4) is 0 Å². The highest BCUT2D eigenvalue weighted by Gasteiger charge is 2.10. The molecule has 1 aromatic heterocycles. The molecule has 0 aliphatic rings. The summed E-state index contributed by atoms with van der Waals surface area (Å²) in [6, 6.07) is 3.55. The molecule has 1 N–H and O–H groups in total. The van der Waals surface area contributed by atoms with Gasteiger partial charge in [0.25, 0.3) is 0 Å². The summed E-state index contributed by atoms with van der Waals surface area (Å²) in [5.74, 6) is 0.761. The molecular weight excluding hydrogens is 151 g/mol. The highest BCUT2D eigenvalue weighted by Crippen LogP contribution is 2.15. The standard InChI is InChI=1S/C6H7O3P/c7-10(8)5-3-6-2-1-4-9-6/h1-2,4H,3,5H2/p+1. The van der Waals surface area contributed by atoms with Crippen LogP contribution in [0.1, 0.15) is 5.76 Å². The molecule has 0 radical (unpaired) electrons. The van der Waals surface area contributed by atoms with E-state index in [2.05, 4.69) is 0 Å². The van der Waals surface area contributed by atoms with Crippen LogP contribution in [-0.2, 0) is 11.0 Å². The number of furan rings is 1. The smallest absolute Gasteiger partial charge is 0.469 e. The van der Waals surface area contributed by atoms with Crippen LogP contribution in [-0.4, -0.2) is 11.1 Å². The molecule has 1 heterocycles. The predicted octanol–water partition coefficient (Wildman–Crippen LogP) is 1.56. The summed E-state index contributed by atoms with van der Waals surface area (Å²) < 4.78 is 15.1. The molecule has 0 fully saturated rings. The molecule has 0 aliphatic heterocycles. The van der Waals surface area contributed by atoms with Gasteiger partial charge in [0.1, 0.15) is 5.76 Å². The van der Waals surface area contributed by atoms with Crippen molar-refractivity contribution >= 4 is 8.03 Å². The number of hydrogen-bond acceptors (Lipinski definition) is 2. The summed E-state index contributed by atoms with van der Waals surface area (Å²) in [7, 11) is -2.02. The first-order chi connectivity index (χ1) is 4.79. The van der Waals surface area contributed by atoms with Crippen molar-refractivity contribution in [2.24, 2.45) is 0 Å². The van der Waals surface area contributed by atoms with Gasteiger partial charge in [-0.05, 0) is 16.7 Å². The Morgan fingerprint density at radius 3 is 3.00 bits per heavy atom. The lowest BCUT2D eigenvalue weighted by atomic mass is 10.4. The Bertz CT molecular complexity index is 205. The first kappa shape index (κ1) is 7.45. The van der Waals surface area contributed by atoms with Crippen molar-refractivity contribution in [2.45, 2.75) is 6.42 Å². The van der Waals surface area contributed by atoms with E-state index in [1.54, 1.807) is 18.4 Å². The van der Waals surface area contributed by atoms with Gasteiger partial charge in [0.2, 0.25) is 0 Å². The largest absolute Gasteiger partial charge is 0.505 e. The first-order valence-electron chi connectivity index (χ1n) is 2.95. The van der Waals surface area contributed by atoms with Gasteiger partial charge in [-0.2, -0.15) is 4.89 Å². The maximum absolute atomic E-state index is 10.2. The van der Waals surface area contributed by atoms with E-state index in [1.807, 2.05) is 0 Å². The Hall–Kier alpha value is -0.660. The van der Waals surface area contributed by atoms with Gasteiger partial charge in [0.05, 0.1) is 12.7 Å². The third-order valence-electron chi connectivity index (χ3n) is 1.13. The van der Waals surface area contributed by atoms with Crippen LogP contribution in [0.4, 0.5) is 0 Å². The van der Waals surface area contributed by atoms with Gasteiger partial charge in [0, 0.05) is 0 Å². The average molecular weight is 159 g/mol. The molecule has 0 spiro atoms. The molecular formula is C6H8O3P+. The monoisotopic (exact) mass is 159 g/mol. The van der Waals surface area contributed by atoms with Gasteiger partial charge in [0.15, 0.2) is 6.16 Å². The summed E-state index contributed by atoms with van der Waals surface area (Å²) in [4.78, 5) is 8.42. The fourth-order valence-electron chi connectivity index (χ4n) is 0.661. The fraction of sp³-hybridized carbons (Fsp3) is 0.333. The van der Waals surface area contributed by atoms with Crippen molar-refractivity contribution in [2.75, 3.05) is 6.16 Å². The summed E-state index contributed by atoms with van der Waals surface area (Å²) in [6.45, 7) is 0. The van der Waals surface area contributed by atoms with E-state index >= 15 is 0 Å². The third kappa shape index (κ3) is 2.29. The van der Waals surface area contributed by atoms with Crippen LogP contribution >= 0.6 is 8.03 Å². The van der Waals surface area contributed by atoms with Crippen LogP contribution in [0, 0.1) is 0 Å². The first-order valence-corrected chi connectivity index (χ1v) is 4.35. The minimum Gasteiger partial charge on any atom is -0.469 e. The highest BCUT2D eigenvalue weighted by molar-refractivity contribution is 7.37. The molecule has 3 nitrogen and oxygen atoms in total. The summed E-state index contributed by atoms with van der Waals surface area (Å²) in [5.41, 5.74) is 0. The summed E-state index contributed by atoms with van der Waals surface area (Å²) in [5, 5.41) is 0. The molecule has 0 aliphatic carbocycles. The minimum atomic E-state index is -2.02. The molecule has 10 heavy (non-hydrogen) atoms. The lowest BCUT2D eigenvalue weighted by molar-refractivity contribution is 0.490. The fourth-order valence-corrected chi connectivity index (χ4v) is 1.07. The van der Waals surface area contributed by atoms with Crippen molar-refractivity contribution in [1.29, 1.82) is 0 Å². The van der Waals surface area contributed by atoms with Gasteiger partial charge >= 0.3 is 8.03 Å². The molecule has 0 saturated heterocycles. The average Bonchev–Trinajstić information content (AvgIpc) is 2.34. The lowest BCUT2D eigenvalue weighted by Crippen LogP contribution is -1.83. The van der Waals surface area contributed by atoms with Crippen LogP contribution < -0.4 is 0 Å². The summed E-state index contributed by atoms with van der Waals surface area (Å²) in [6.07, 6.45) is 2.38. The van der Waals surface area contributed by atoms with E-state index in [0.29, 0.717) is 6.42 Å². The molecule has 4 heteroatoms. The van der Waals surface area contributed by atoms with Gasteiger partial charge < -0.3 is 4.42 Å². The normalized spacial score (nSPS) is 11.5. The van der Waals surface area contributed by atoms with E-state index in [9.17, 15) is 4.57 Å². The second-order valence-corrected chi connectivity index (χ2v) is 3.06. The Morgan fingerprint density at radius 2 is 2.50 bits per heavy atom. The minimum absolute atomic E-state index is 0.281. The molecule has 1 rings (SSSR count). The molecule has 54 valence electrons. The van der Waals surface area contributed by atoms with Crippen LogP contribution in [0.25, 0.3) is 0 Å². The van der Waals surface area contributed by atoms with Crippen molar-refractivity contribution in [1.82, 2.24) is 0 Å². The number of rotatable bonds is 3. The van der Waals surface area contributed by atoms with E-state index in [0.717, 1.165) is 5.76 Å². The zero-order chi connectivity index (χ0) is 7.40. The van der Waals surface area contributed by atoms with E-state index in [1.165, 1.54) is 0 Å². The van der Waals surface area contributed by atoms with E-state index in [4.69, 9.17) is 9.31 Å². The van der Waals surface area contributed by atoms with Crippen LogP contribution in [0.15, 0.2) is 22.8 Å². The topological polar surface area (TPSA) is 50.4 Å². The molecule has 0 saturated carbocycles. The Labute approximate surface area is 59.5 Å². The molecule has 1 atom stereocenters. The zero-order valence-corrected chi connectivity index (χ0v) is 6.25. The van der Waals surface area contributed by atoms with Gasteiger partial charge in [-0.3, -0.25) is 0 Å². The van der Waals surface area contributed by atoms with Crippen molar-refractivity contribution in [3.05, 3.63) is 24.2 Å². The Balaban J connectivity index is 2.35. The maximum atomic E-state index is 10.2. The van der Waals surface area contributed by atoms with Gasteiger partial charge in [-0.1, -0.05) is 0 Å². The quantitative estimate of drug-likeness (QED) is 0.680. The number of aryl methyl sites for hydroxylation is 1. The van der Waals surface area contributed by atoms with Crippen LogP contribution in [0.3, 0.4) is 0 Å². The van der Waals surface area contributed by atoms with Crippen molar-refractivity contribution in [3.63, 3.8) is 0 Å². The van der Waals surface area contributed by atoms with Crippen LogP contribution in [0.5, 0.6) is 0 Å².